The van der Waals surface area contributed by atoms with Gasteiger partial charge in [0, 0.05) is 24.2 Å². The van der Waals surface area contributed by atoms with Gasteiger partial charge >= 0.3 is 5.97 Å². The second-order valence-electron chi connectivity index (χ2n) is 8.99. The predicted molar refractivity (Wildman–Crippen MR) is 148 cm³/mol. The number of benzene rings is 2. The molecule has 2 aliphatic heterocycles. The van der Waals surface area contributed by atoms with Gasteiger partial charge < -0.3 is 10.4 Å². The van der Waals surface area contributed by atoms with E-state index in [9.17, 15) is 19.2 Å². The van der Waals surface area contributed by atoms with Gasteiger partial charge in [-0.25, -0.2) is 0 Å². The number of thiocarbonyl (C=S) groups is 1. The lowest BCUT2D eigenvalue weighted by Crippen LogP contribution is -2.35. The molecule has 2 aromatic carbocycles. The van der Waals surface area contributed by atoms with E-state index < -0.39 is 11.9 Å². The van der Waals surface area contributed by atoms with Crippen molar-refractivity contribution in [2.75, 3.05) is 23.3 Å². The number of thioether (sulfide) groups is 1. The summed E-state index contributed by atoms with van der Waals surface area (Å²) in [6, 6.07) is 12.7. The number of carbonyl (C=O) groups is 4. The number of nitrogens with zero attached hydrogens (tertiary/aromatic N) is 2. The quantitative estimate of drug-likeness (QED) is 0.275. The van der Waals surface area contributed by atoms with Gasteiger partial charge in [0.1, 0.15) is 10.9 Å². The first-order valence-corrected chi connectivity index (χ1v) is 13.2. The minimum absolute atomic E-state index is 0.0840. The Labute approximate surface area is 224 Å². The molecule has 1 saturated heterocycles. The highest BCUT2D eigenvalue weighted by atomic mass is 32.2. The van der Waals surface area contributed by atoms with Gasteiger partial charge in [0.2, 0.25) is 5.91 Å². The molecule has 0 aliphatic carbocycles. The lowest BCUT2D eigenvalue weighted by molar-refractivity contribution is -0.137. The average Bonchev–Trinajstić information content (AvgIpc) is 3.28. The number of amides is 3. The number of unbranched alkanes of at least 4 members (excludes halogenated alkanes) is 2. The van der Waals surface area contributed by atoms with Gasteiger partial charge in [-0.1, -0.05) is 54.7 Å². The molecule has 0 unspecified atom stereocenters. The highest BCUT2D eigenvalue weighted by Gasteiger charge is 2.42. The minimum atomic E-state index is -0.846. The van der Waals surface area contributed by atoms with Crippen LogP contribution in [0, 0.1) is 13.8 Å². The van der Waals surface area contributed by atoms with Crippen LogP contribution >= 0.6 is 24.0 Å². The second kappa shape index (κ2) is 11.3. The number of carbonyl (C=O) groups excluding carboxylic acids is 3. The second-order valence-corrected chi connectivity index (χ2v) is 10.6. The van der Waals surface area contributed by atoms with Crippen molar-refractivity contribution in [1.82, 2.24) is 4.90 Å². The lowest BCUT2D eigenvalue weighted by Gasteiger charge is -2.17. The van der Waals surface area contributed by atoms with Crippen LogP contribution < -0.4 is 10.2 Å². The predicted octanol–water partition coefficient (Wildman–Crippen LogP) is 4.51. The zero-order valence-electron chi connectivity index (χ0n) is 20.6. The zero-order chi connectivity index (χ0) is 26.7. The van der Waals surface area contributed by atoms with Gasteiger partial charge in [-0.05, 0) is 56.0 Å². The molecular formula is C27H27N3O5S2. The summed E-state index contributed by atoms with van der Waals surface area (Å²) in [6.45, 7) is 4.11. The van der Waals surface area contributed by atoms with E-state index in [4.69, 9.17) is 17.3 Å². The molecule has 2 heterocycles. The number of fused-ring (bicyclic) bond motifs is 1. The highest BCUT2D eigenvalue weighted by molar-refractivity contribution is 8.26. The third-order valence-electron chi connectivity index (χ3n) is 6.36. The van der Waals surface area contributed by atoms with E-state index in [0.29, 0.717) is 47.1 Å². The van der Waals surface area contributed by atoms with E-state index in [1.54, 1.807) is 24.3 Å². The van der Waals surface area contributed by atoms with Gasteiger partial charge in [-0.3, -0.25) is 29.0 Å². The molecule has 1 fully saturated rings. The fourth-order valence-corrected chi connectivity index (χ4v) is 5.66. The number of aryl methyl sites for hydroxylation is 2. The molecule has 192 valence electrons. The molecular weight excluding hydrogens is 510 g/mol. The topological polar surface area (TPSA) is 107 Å². The molecule has 8 nitrogen and oxygen atoms in total. The molecule has 0 radical (unpaired) electrons. The Hall–Kier alpha value is -3.50. The van der Waals surface area contributed by atoms with Crippen LogP contribution in [-0.2, 0) is 19.2 Å². The monoisotopic (exact) mass is 537 g/mol. The Morgan fingerprint density at radius 3 is 2.46 bits per heavy atom. The Morgan fingerprint density at radius 1 is 0.973 bits per heavy atom. The van der Waals surface area contributed by atoms with Crippen LogP contribution in [0.25, 0.3) is 5.57 Å². The van der Waals surface area contributed by atoms with Crippen LogP contribution in [0.1, 0.15) is 42.4 Å². The van der Waals surface area contributed by atoms with E-state index in [1.807, 2.05) is 32.0 Å². The number of rotatable bonds is 9. The van der Waals surface area contributed by atoms with Gasteiger partial charge in [-0.2, -0.15) is 0 Å². The maximum atomic E-state index is 13.6. The maximum Gasteiger partial charge on any atom is 0.303 e. The number of carboxylic acids is 1. The van der Waals surface area contributed by atoms with E-state index in [0.717, 1.165) is 22.9 Å². The molecule has 2 N–H and O–H groups in total. The first kappa shape index (κ1) is 26.6. The van der Waals surface area contributed by atoms with Gasteiger partial charge in [0.05, 0.1) is 16.2 Å². The molecule has 3 amide bonds. The first-order valence-electron chi connectivity index (χ1n) is 12.0. The SMILES string of the molecule is Cc1ccc(NC(=O)CN2C(=O)C(=C3SC(=S)N(CCCCCC(=O)O)C3=O)c3ccccc32)cc1C. The third-order valence-corrected chi connectivity index (χ3v) is 7.81. The van der Waals surface area contributed by atoms with Crippen molar-refractivity contribution in [3.05, 3.63) is 64.1 Å². The van der Waals surface area contributed by atoms with Gasteiger partial charge in [0.25, 0.3) is 11.8 Å². The van der Waals surface area contributed by atoms with Crippen molar-refractivity contribution < 1.29 is 24.3 Å². The molecule has 2 aromatic rings. The Balaban J connectivity index is 1.52. The van der Waals surface area contributed by atoms with E-state index >= 15 is 0 Å². The number of aliphatic carboxylic acids is 1. The van der Waals surface area contributed by atoms with Crippen LogP contribution in [0.4, 0.5) is 11.4 Å². The summed E-state index contributed by atoms with van der Waals surface area (Å²) in [5.74, 6) is -1.95. The fourth-order valence-electron chi connectivity index (χ4n) is 4.28. The summed E-state index contributed by atoms with van der Waals surface area (Å²) in [5.41, 5.74) is 4.22. The molecule has 0 bridgehead atoms. The molecule has 0 aromatic heterocycles. The van der Waals surface area contributed by atoms with Crippen molar-refractivity contribution in [1.29, 1.82) is 0 Å². The molecule has 0 spiro atoms. The van der Waals surface area contributed by atoms with Gasteiger partial charge in [-0.15, -0.1) is 0 Å². The summed E-state index contributed by atoms with van der Waals surface area (Å²) in [4.78, 5) is 53.5. The minimum Gasteiger partial charge on any atom is -0.481 e. The van der Waals surface area contributed by atoms with E-state index in [1.165, 1.54) is 9.80 Å². The largest absolute Gasteiger partial charge is 0.481 e. The summed E-state index contributed by atoms with van der Waals surface area (Å²) < 4.78 is 0.363. The molecule has 4 rings (SSSR count). The number of carboxylic acid groups (broad SMARTS) is 1. The number of hydrogen-bond acceptors (Lipinski definition) is 6. The molecule has 2 aliphatic rings. The summed E-state index contributed by atoms with van der Waals surface area (Å²) in [5, 5.41) is 11.6. The van der Waals surface area contributed by atoms with Crippen LogP contribution in [0.2, 0.25) is 0 Å². The van der Waals surface area contributed by atoms with Crippen molar-refractivity contribution in [3.8, 4) is 0 Å². The molecule has 10 heteroatoms. The van der Waals surface area contributed by atoms with E-state index in [2.05, 4.69) is 5.32 Å². The summed E-state index contributed by atoms with van der Waals surface area (Å²) >= 11 is 6.52. The van der Waals surface area contributed by atoms with Crippen LogP contribution in [0.15, 0.2) is 47.4 Å². The third kappa shape index (κ3) is 5.75. The average molecular weight is 538 g/mol. The summed E-state index contributed by atoms with van der Waals surface area (Å²) in [7, 11) is 0. The Bertz CT molecular complexity index is 1340. The van der Waals surface area contributed by atoms with Crippen molar-refractivity contribution in [2.24, 2.45) is 0 Å². The van der Waals surface area contributed by atoms with Crippen LogP contribution in [0.3, 0.4) is 0 Å². The highest BCUT2D eigenvalue weighted by Crippen LogP contribution is 2.44. The van der Waals surface area contributed by atoms with Crippen molar-refractivity contribution in [2.45, 2.75) is 39.5 Å². The smallest absolute Gasteiger partial charge is 0.303 e. The van der Waals surface area contributed by atoms with Gasteiger partial charge in [0.15, 0.2) is 0 Å². The van der Waals surface area contributed by atoms with Crippen molar-refractivity contribution in [3.63, 3.8) is 0 Å². The lowest BCUT2D eigenvalue weighted by atomic mass is 10.1. The normalized spacial score (nSPS) is 17.0. The number of hydrogen-bond donors (Lipinski definition) is 2. The molecule has 0 saturated carbocycles. The Morgan fingerprint density at radius 2 is 1.73 bits per heavy atom. The zero-order valence-corrected chi connectivity index (χ0v) is 22.2. The van der Waals surface area contributed by atoms with Crippen molar-refractivity contribution >= 4 is 68.9 Å². The maximum absolute atomic E-state index is 13.6. The van der Waals surface area contributed by atoms with Crippen LogP contribution in [-0.4, -0.2) is 51.1 Å². The molecule has 0 atom stereocenters. The summed E-state index contributed by atoms with van der Waals surface area (Å²) in [6.07, 6.45) is 1.87. The number of anilines is 2. The Kier molecular flexibility index (Phi) is 8.09. The number of para-hydroxylation sites is 1. The fraction of sp³-hybridized carbons (Fsp3) is 0.296. The first-order chi connectivity index (χ1) is 17.7. The number of nitrogens with one attached hydrogen (secondary N) is 1. The standard InChI is InChI=1S/C27H27N3O5S2/c1-16-11-12-18(14-17(16)2)28-21(31)15-30-20-9-6-5-8-19(20)23(25(30)34)24-26(35)29(27(36)37-24)13-7-3-4-10-22(32)33/h5-6,8-9,11-12,14H,3-4,7,10,13,15H2,1-2H3,(H,28,31)(H,32,33). The van der Waals surface area contributed by atoms with Crippen LogP contribution in [0.5, 0.6) is 0 Å². The molecule has 37 heavy (non-hydrogen) atoms. The van der Waals surface area contributed by atoms with E-state index in [-0.39, 0.29) is 35.3 Å².